The van der Waals surface area contributed by atoms with E-state index in [4.69, 9.17) is 0 Å². The van der Waals surface area contributed by atoms with Gasteiger partial charge in [-0.15, -0.1) is 0 Å². The van der Waals surface area contributed by atoms with Crippen LogP contribution in [0, 0.1) is 5.82 Å². The third kappa shape index (κ3) is 2.99. The lowest BCUT2D eigenvalue weighted by Gasteiger charge is -2.05. The van der Waals surface area contributed by atoms with Gasteiger partial charge in [0.05, 0.1) is 11.1 Å². The van der Waals surface area contributed by atoms with Gasteiger partial charge in [-0.05, 0) is 36.4 Å². The third-order valence-electron chi connectivity index (χ3n) is 3.98. The number of carbonyl (C=O) groups is 1. The zero-order chi connectivity index (χ0) is 17.2. The quantitative estimate of drug-likeness (QED) is 0.584. The Labute approximate surface area is 143 Å². The molecule has 0 aliphatic heterocycles. The first-order valence-corrected chi connectivity index (χ1v) is 7.87. The van der Waals surface area contributed by atoms with E-state index in [-0.39, 0.29) is 5.56 Å². The molecule has 0 aliphatic rings. The molecule has 1 heterocycles. The minimum Gasteiger partial charge on any atom is -0.322 e. The van der Waals surface area contributed by atoms with Gasteiger partial charge in [0.1, 0.15) is 5.82 Å². The van der Waals surface area contributed by atoms with Crippen LogP contribution in [0.15, 0.2) is 72.8 Å². The number of benzene rings is 3. The van der Waals surface area contributed by atoms with E-state index in [9.17, 15) is 9.18 Å². The SMILES string of the molecule is O=C(Nc1ccc2[nH+]c(-c3ccccc3)[nH]c2c1)c1ccccc1F. The van der Waals surface area contributed by atoms with Crippen LogP contribution in [0.5, 0.6) is 0 Å². The molecule has 122 valence electrons. The van der Waals surface area contributed by atoms with Crippen molar-refractivity contribution in [2.75, 3.05) is 5.32 Å². The highest BCUT2D eigenvalue weighted by atomic mass is 19.1. The molecule has 4 rings (SSSR count). The lowest BCUT2D eigenvalue weighted by Crippen LogP contribution is -2.13. The molecule has 0 radical (unpaired) electrons. The van der Waals surface area contributed by atoms with Crippen LogP contribution >= 0.6 is 0 Å². The van der Waals surface area contributed by atoms with E-state index < -0.39 is 11.7 Å². The summed E-state index contributed by atoms with van der Waals surface area (Å²) in [6.07, 6.45) is 0. The molecule has 3 N–H and O–H groups in total. The first kappa shape index (κ1) is 15.1. The van der Waals surface area contributed by atoms with Gasteiger partial charge in [-0.3, -0.25) is 4.79 Å². The number of H-pyrrole nitrogens is 2. The zero-order valence-corrected chi connectivity index (χ0v) is 13.2. The predicted molar refractivity (Wildman–Crippen MR) is 94.6 cm³/mol. The molecule has 0 aliphatic carbocycles. The Morgan fingerprint density at radius 1 is 0.960 bits per heavy atom. The molecule has 0 unspecified atom stereocenters. The van der Waals surface area contributed by atoms with E-state index in [1.54, 1.807) is 18.2 Å². The van der Waals surface area contributed by atoms with Gasteiger partial charge in [-0.2, -0.15) is 0 Å². The molecule has 0 fully saturated rings. The predicted octanol–water partition coefficient (Wildman–Crippen LogP) is 4.04. The van der Waals surface area contributed by atoms with Crippen LogP contribution in [-0.2, 0) is 0 Å². The number of nitrogens with one attached hydrogen (secondary N) is 3. The molecule has 0 bridgehead atoms. The van der Waals surface area contributed by atoms with Crippen molar-refractivity contribution in [3.63, 3.8) is 0 Å². The fourth-order valence-electron chi connectivity index (χ4n) is 2.73. The largest absolute Gasteiger partial charge is 0.322 e. The summed E-state index contributed by atoms with van der Waals surface area (Å²) < 4.78 is 13.7. The fourth-order valence-corrected chi connectivity index (χ4v) is 2.73. The molecule has 0 spiro atoms. The maximum Gasteiger partial charge on any atom is 0.285 e. The second kappa shape index (κ2) is 6.20. The molecular weight excluding hydrogens is 317 g/mol. The Morgan fingerprint density at radius 2 is 1.72 bits per heavy atom. The summed E-state index contributed by atoms with van der Waals surface area (Å²) in [6, 6.07) is 21.3. The van der Waals surface area contributed by atoms with Gasteiger partial charge in [-0.1, -0.05) is 30.3 Å². The standard InChI is InChI=1S/C20H14FN3O/c21-16-9-5-4-8-15(16)20(25)22-14-10-11-17-18(12-14)24-19(23-17)13-6-2-1-3-7-13/h1-12H,(H,22,25)(H,23,24)/p+1. The summed E-state index contributed by atoms with van der Waals surface area (Å²) in [5, 5.41) is 2.73. The number of hydrogen-bond donors (Lipinski definition) is 2. The van der Waals surface area contributed by atoms with Crippen molar-refractivity contribution in [2.24, 2.45) is 0 Å². The highest BCUT2D eigenvalue weighted by Gasteiger charge is 2.14. The topological polar surface area (TPSA) is 59.0 Å². The van der Waals surface area contributed by atoms with Crippen LogP contribution in [0.25, 0.3) is 22.4 Å². The zero-order valence-electron chi connectivity index (χ0n) is 13.2. The van der Waals surface area contributed by atoms with Crippen molar-refractivity contribution < 1.29 is 14.2 Å². The van der Waals surface area contributed by atoms with E-state index in [1.807, 2.05) is 42.5 Å². The lowest BCUT2D eigenvalue weighted by molar-refractivity contribution is -0.330. The minimum absolute atomic E-state index is 0.0191. The molecule has 5 heteroatoms. The molecule has 1 amide bonds. The number of carbonyl (C=O) groups excluding carboxylic acids is 1. The van der Waals surface area contributed by atoms with Crippen molar-refractivity contribution in [3.05, 3.63) is 84.2 Å². The number of halogens is 1. The number of rotatable bonds is 3. The molecule has 0 saturated carbocycles. The van der Waals surface area contributed by atoms with Crippen molar-refractivity contribution in [3.8, 4) is 11.4 Å². The number of anilines is 1. The van der Waals surface area contributed by atoms with Gasteiger partial charge >= 0.3 is 0 Å². The molecular formula is C20H15FN3O+. The van der Waals surface area contributed by atoms with Gasteiger partial charge in [-0.25, -0.2) is 14.4 Å². The maximum absolute atomic E-state index is 13.7. The normalized spacial score (nSPS) is 10.8. The van der Waals surface area contributed by atoms with Gasteiger partial charge in [0.15, 0.2) is 11.0 Å². The van der Waals surface area contributed by atoms with Crippen LogP contribution in [0.3, 0.4) is 0 Å². The molecule has 1 aromatic heterocycles. The highest BCUT2D eigenvalue weighted by molar-refractivity contribution is 6.05. The maximum atomic E-state index is 13.7. The number of hydrogen-bond acceptors (Lipinski definition) is 1. The second-order valence-electron chi connectivity index (χ2n) is 5.69. The van der Waals surface area contributed by atoms with Crippen LogP contribution in [0.1, 0.15) is 10.4 Å². The summed E-state index contributed by atoms with van der Waals surface area (Å²) in [6.45, 7) is 0. The van der Waals surface area contributed by atoms with Gasteiger partial charge in [0.25, 0.3) is 11.7 Å². The van der Waals surface area contributed by atoms with E-state index >= 15 is 0 Å². The van der Waals surface area contributed by atoms with E-state index in [0.29, 0.717) is 5.69 Å². The molecule has 0 saturated heterocycles. The van der Waals surface area contributed by atoms with Crippen LogP contribution in [-0.4, -0.2) is 10.9 Å². The Morgan fingerprint density at radius 3 is 2.52 bits per heavy atom. The Bertz CT molecular complexity index is 1060. The average Bonchev–Trinajstić information content (AvgIpc) is 3.06. The first-order chi connectivity index (χ1) is 12.2. The number of fused-ring (bicyclic) bond motifs is 1. The van der Waals surface area contributed by atoms with Crippen LogP contribution in [0.4, 0.5) is 10.1 Å². The Hall–Kier alpha value is -3.47. The molecule has 0 atom stereocenters. The first-order valence-electron chi connectivity index (χ1n) is 7.87. The average molecular weight is 332 g/mol. The lowest BCUT2D eigenvalue weighted by atomic mass is 10.2. The van der Waals surface area contributed by atoms with E-state index in [2.05, 4.69) is 15.3 Å². The Balaban J connectivity index is 1.63. The van der Waals surface area contributed by atoms with Gasteiger partial charge < -0.3 is 5.32 Å². The van der Waals surface area contributed by atoms with Crippen molar-refractivity contribution >= 4 is 22.6 Å². The fraction of sp³-hybridized carbons (Fsp3) is 0. The van der Waals surface area contributed by atoms with Crippen molar-refractivity contribution in [2.45, 2.75) is 0 Å². The summed E-state index contributed by atoms with van der Waals surface area (Å²) >= 11 is 0. The van der Waals surface area contributed by atoms with Crippen molar-refractivity contribution in [1.29, 1.82) is 0 Å². The molecule has 3 aromatic carbocycles. The van der Waals surface area contributed by atoms with Gasteiger partial charge in [0, 0.05) is 11.8 Å². The monoisotopic (exact) mass is 332 g/mol. The smallest absolute Gasteiger partial charge is 0.285 e. The molecule has 4 aromatic rings. The molecule has 4 nitrogen and oxygen atoms in total. The number of aromatic nitrogens is 2. The summed E-state index contributed by atoms with van der Waals surface area (Å²) in [5.41, 5.74) is 3.42. The number of aromatic amines is 2. The van der Waals surface area contributed by atoms with Crippen molar-refractivity contribution in [1.82, 2.24) is 4.98 Å². The number of amides is 1. The summed E-state index contributed by atoms with van der Waals surface area (Å²) in [4.78, 5) is 18.8. The van der Waals surface area contributed by atoms with Gasteiger partial charge in [0.2, 0.25) is 0 Å². The molecule has 25 heavy (non-hydrogen) atoms. The number of imidazole rings is 1. The summed E-state index contributed by atoms with van der Waals surface area (Å²) in [7, 11) is 0. The van der Waals surface area contributed by atoms with Crippen LogP contribution < -0.4 is 10.3 Å². The highest BCUT2D eigenvalue weighted by Crippen LogP contribution is 2.20. The summed E-state index contributed by atoms with van der Waals surface area (Å²) in [5.74, 6) is -0.134. The third-order valence-corrected chi connectivity index (χ3v) is 3.98. The van der Waals surface area contributed by atoms with E-state index in [0.717, 1.165) is 22.4 Å². The van der Waals surface area contributed by atoms with E-state index in [1.165, 1.54) is 12.1 Å². The Kier molecular flexibility index (Phi) is 3.74. The minimum atomic E-state index is -0.541. The second-order valence-corrected chi connectivity index (χ2v) is 5.69. The van der Waals surface area contributed by atoms with Crippen LogP contribution in [0.2, 0.25) is 0 Å².